The Balaban J connectivity index is 1.96. The number of benzene rings is 1. The average Bonchev–Trinajstić information content (AvgIpc) is 2.37. The van der Waals surface area contributed by atoms with E-state index in [9.17, 15) is 0 Å². The van der Waals surface area contributed by atoms with Crippen LogP contribution in [-0.4, -0.2) is 36.7 Å². The molecule has 19 heavy (non-hydrogen) atoms. The third-order valence-electron chi connectivity index (χ3n) is 3.81. The second-order valence-corrected chi connectivity index (χ2v) is 6.20. The molecule has 3 nitrogen and oxygen atoms in total. The van der Waals surface area contributed by atoms with Crippen LogP contribution in [0.2, 0.25) is 0 Å². The highest BCUT2D eigenvalue weighted by Gasteiger charge is 2.26. The van der Waals surface area contributed by atoms with E-state index in [0.29, 0.717) is 12.5 Å². The maximum absolute atomic E-state index is 5.74. The van der Waals surface area contributed by atoms with Crippen LogP contribution >= 0.6 is 0 Å². The molecule has 0 bridgehead atoms. The number of nitrogens with two attached hydrogens (primary N) is 1. The van der Waals surface area contributed by atoms with Gasteiger partial charge in [-0.15, -0.1) is 0 Å². The van der Waals surface area contributed by atoms with Gasteiger partial charge in [-0.3, -0.25) is 4.90 Å². The number of hydrogen-bond donors (Lipinski definition) is 1. The van der Waals surface area contributed by atoms with Crippen LogP contribution in [0.25, 0.3) is 0 Å². The molecule has 1 aliphatic heterocycles. The van der Waals surface area contributed by atoms with Crippen molar-refractivity contribution in [2.45, 2.75) is 38.8 Å². The standard InChI is InChI=1S/C16H26N2O/c1-13(10-17)15-6-4-14(5-7-15)11-18-8-9-19-16(2,3)12-18/h4-7,13H,8-12,17H2,1-3H3. The number of hydrogen-bond acceptors (Lipinski definition) is 3. The largest absolute Gasteiger partial charge is 0.373 e. The van der Waals surface area contributed by atoms with Gasteiger partial charge in [0.1, 0.15) is 0 Å². The van der Waals surface area contributed by atoms with E-state index in [1.165, 1.54) is 11.1 Å². The summed E-state index contributed by atoms with van der Waals surface area (Å²) in [6, 6.07) is 8.87. The van der Waals surface area contributed by atoms with E-state index in [4.69, 9.17) is 10.5 Å². The predicted octanol–water partition coefficient (Wildman–Crippen LogP) is 2.36. The van der Waals surface area contributed by atoms with Crippen molar-refractivity contribution < 1.29 is 4.74 Å². The Morgan fingerprint density at radius 1 is 1.32 bits per heavy atom. The highest BCUT2D eigenvalue weighted by molar-refractivity contribution is 5.25. The van der Waals surface area contributed by atoms with E-state index in [1.807, 2.05) is 0 Å². The zero-order valence-electron chi connectivity index (χ0n) is 12.4. The molecule has 0 saturated carbocycles. The van der Waals surface area contributed by atoms with E-state index < -0.39 is 0 Å². The summed E-state index contributed by atoms with van der Waals surface area (Å²) in [4.78, 5) is 2.46. The molecule has 1 atom stereocenters. The fourth-order valence-corrected chi connectivity index (χ4v) is 2.60. The molecule has 1 aliphatic rings. The number of ether oxygens (including phenoxy) is 1. The fourth-order valence-electron chi connectivity index (χ4n) is 2.60. The van der Waals surface area contributed by atoms with Gasteiger partial charge in [0.15, 0.2) is 0 Å². The number of rotatable bonds is 4. The molecule has 1 aromatic rings. The Hall–Kier alpha value is -0.900. The van der Waals surface area contributed by atoms with Crippen LogP contribution in [0.1, 0.15) is 37.8 Å². The lowest BCUT2D eigenvalue weighted by Crippen LogP contribution is -2.47. The quantitative estimate of drug-likeness (QED) is 0.905. The maximum atomic E-state index is 5.74. The third-order valence-corrected chi connectivity index (χ3v) is 3.81. The van der Waals surface area contributed by atoms with Crippen LogP contribution in [0.4, 0.5) is 0 Å². The first kappa shape index (κ1) is 14.5. The molecule has 1 saturated heterocycles. The molecule has 1 aromatic carbocycles. The lowest BCUT2D eigenvalue weighted by molar-refractivity contribution is -0.0882. The van der Waals surface area contributed by atoms with Crippen LogP contribution in [0.5, 0.6) is 0 Å². The van der Waals surface area contributed by atoms with Gasteiger partial charge in [-0.25, -0.2) is 0 Å². The molecule has 2 rings (SSSR count). The smallest absolute Gasteiger partial charge is 0.0753 e. The Labute approximate surface area is 116 Å². The van der Waals surface area contributed by atoms with Crippen LogP contribution in [-0.2, 0) is 11.3 Å². The zero-order chi connectivity index (χ0) is 13.9. The van der Waals surface area contributed by atoms with Crippen LogP contribution in [0, 0.1) is 0 Å². The molecular formula is C16H26N2O. The van der Waals surface area contributed by atoms with Gasteiger partial charge in [-0.05, 0) is 37.4 Å². The second-order valence-electron chi connectivity index (χ2n) is 6.20. The second kappa shape index (κ2) is 6.04. The van der Waals surface area contributed by atoms with Crippen molar-refractivity contribution in [1.82, 2.24) is 4.90 Å². The minimum atomic E-state index is -0.0216. The highest BCUT2D eigenvalue weighted by atomic mass is 16.5. The van der Waals surface area contributed by atoms with Gasteiger partial charge in [0, 0.05) is 19.6 Å². The summed E-state index contributed by atoms with van der Waals surface area (Å²) in [5.74, 6) is 0.441. The van der Waals surface area contributed by atoms with E-state index in [2.05, 4.69) is 49.9 Å². The van der Waals surface area contributed by atoms with Crippen molar-refractivity contribution in [1.29, 1.82) is 0 Å². The molecule has 0 aromatic heterocycles. The van der Waals surface area contributed by atoms with Gasteiger partial charge < -0.3 is 10.5 Å². The molecule has 1 unspecified atom stereocenters. The normalized spacial score (nSPS) is 21.3. The first-order chi connectivity index (χ1) is 9.00. The minimum Gasteiger partial charge on any atom is -0.373 e. The molecule has 2 N–H and O–H groups in total. The van der Waals surface area contributed by atoms with Crippen molar-refractivity contribution in [3.63, 3.8) is 0 Å². The van der Waals surface area contributed by atoms with E-state index in [1.54, 1.807) is 0 Å². The topological polar surface area (TPSA) is 38.5 Å². The molecular weight excluding hydrogens is 236 g/mol. The first-order valence-corrected chi connectivity index (χ1v) is 7.15. The molecule has 0 spiro atoms. The molecule has 3 heteroatoms. The van der Waals surface area contributed by atoms with Gasteiger partial charge in [0.05, 0.1) is 12.2 Å². The van der Waals surface area contributed by atoms with Gasteiger partial charge >= 0.3 is 0 Å². The lowest BCUT2D eigenvalue weighted by atomic mass is 9.99. The highest BCUT2D eigenvalue weighted by Crippen LogP contribution is 2.20. The van der Waals surface area contributed by atoms with Gasteiger partial charge in [0.25, 0.3) is 0 Å². The van der Waals surface area contributed by atoms with Gasteiger partial charge in [0.2, 0.25) is 0 Å². The Morgan fingerprint density at radius 3 is 2.58 bits per heavy atom. The van der Waals surface area contributed by atoms with E-state index in [-0.39, 0.29) is 5.60 Å². The van der Waals surface area contributed by atoms with Crippen molar-refractivity contribution in [3.05, 3.63) is 35.4 Å². The monoisotopic (exact) mass is 262 g/mol. The molecule has 0 amide bonds. The molecule has 1 fully saturated rings. The van der Waals surface area contributed by atoms with Crippen LogP contribution < -0.4 is 5.73 Å². The summed E-state index contributed by atoms with van der Waals surface area (Å²) in [6.45, 7) is 11.0. The predicted molar refractivity (Wildman–Crippen MR) is 79.2 cm³/mol. The van der Waals surface area contributed by atoms with Gasteiger partial charge in [-0.1, -0.05) is 31.2 Å². The molecule has 1 heterocycles. The average molecular weight is 262 g/mol. The van der Waals surface area contributed by atoms with Crippen LogP contribution in [0.15, 0.2) is 24.3 Å². The Bertz CT molecular complexity index is 400. The number of morpholine rings is 1. The summed E-state index contributed by atoms with van der Waals surface area (Å²) < 4.78 is 5.74. The zero-order valence-corrected chi connectivity index (χ0v) is 12.4. The van der Waals surface area contributed by atoms with Crippen molar-refractivity contribution in [2.24, 2.45) is 5.73 Å². The van der Waals surface area contributed by atoms with Crippen molar-refractivity contribution in [2.75, 3.05) is 26.2 Å². The summed E-state index contributed by atoms with van der Waals surface area (Å²) in [6.07, 6.45) is 0. The molecule has 0 aliphatic carbocycles. The van der Waals surface area contributed by atoms with Gasteiger partial charge in [-0.2, -0.15) is 0 Å². The lowest BCUT2D eigenvalue weighted by Gasteiger charge is -2.38. The first-order valence-electron chi connectivity index (χ1n) is 7.15. The third kappa shape index (κ3) is 4.03. The molecule has 106 valence electrons. The minimum absolute atomic E-state index is 0.0216. The summed E-state index contributed by atoms with van der Waals surface area (Å²) >= 11 is 0. The van der Waals surface area contributed by atoms with Crippen LogP contribution in [0.3, 0.4) is 0 Å². The summed E-state index contributed by atoms with van der Waals surface area (Å²) in [5, 5.41) is 0. The number of nitrogens with zero attached hydrogens (tertiary/aromatic N) is 1. The SMILES string of the molecule is CC(CN)c1ccc(CN2CCOC(C)(C)C2)cc1. The summed E-state index contributed by atoms with van der Waals surface area (Å²) in [5.41, 5.74) is 8.37. The Morgan fingerprint density at radius 2 is 2.00 bits per heavy atom. The Kier molecular flexibility index (Phi) is 4.61. The molecule has 0 radical (unpaired) electrons. The van der Waals surface area contributed by atoms with Crippen molar-refractivity contribution >= 4 is 0 Å². The van der Waals surface area contributed by atoms with E-state index in [0.717, 1.165) is 26.2 Å². The van der Waals surface area contributed by atoms with E-state index >= 15 is 0 Å². The summed E-state index contributed by atoms with van der Waals surface area (Å²) in [7, 11) is 0. The fraction of sp³-hybridized carbons (Fsp3) is 0.625. The maximum Gasteiger partial charge on any atom is 0.0753 e. The van der Waals surface area contributed by atoms with Crippen molar-refractivity contribution in [3.8, 4) is 0 Å².